The number of rotatable bonds is 2. The van der Waals surface area contributed by atoms with E-state index in [2.05, 4.69) is 4.98 Å². The Morgan fingerprint density at radius 3 is 2.80 bits per heavy atom. The Kier molecular flexibility index (Phi) is 4.23. The number of hydrogen-bond acceptors (Lipinski definition) is 5. The van der Waals surface area contributed by atoms with E-state index in [4.69, 9.17) is 9.26 Å². The molecule has 0 unspecified atom stereocenters. The molecule has 1 aliphatic heterocycles. The Morgan fingerprint density at radius 2 is 2.15 bits per heavy atom. The highest BCUT2D eigenvalue weighted by Gasteiger charge is 2.26. The molecule has 2 rings (SSSR count). The lowest BCUT2D eigenvalue weighted by atomic mass is 10.1. The molecule has 1 aromatic heterocycles. The lowest BCUT2D eigenvalue weighted by molar-refractivity contribution is 0.0222. The maximum absolute atomic E-state index is 12.0. The molecule has 0 bridgehead atoms. The van der Waals surface area contributed by atoms with E-state index in [1.54, 1.807) is 11.0 Å². The van der Waals surface area contributed by atoms with Crippen LogP contribution < -0.4 is 4.52 Å². The topological polar surface area (TPSA) is 68.7 Å². The van der Waals surface area contributed by atoms with Crippen molar-refractivity contribution < 1.29 is 18.6 Å². The van der Waals surface area contributed by atoms with Gasteiger partial charge in [0.05, 0.1) is 12.2 Å². The van der Waals surface area contributed by atoms with Crippen molar-refractivity contribution in [1.82, 2.24) is 9.88 Å². The summed E-state index contributed by atoms with van der Waals surface area (Å²) in [6, 6.07) is 3.47. The Hall–Kier alpha value is -1.68. The number of hydrogen-bond donors (Lipinski definition) is 0. The van der Waals surface area contributed by atoms with Gasteiger partial charge in [0.2, 0.25) is 5.88 Å². The van der Waals surface area contributed by atoms with Crippen molar-refractivity contribution in [3.8, 4) is 5.88 Å². The highest BCUT2D eigenvalue weighted by Crippen LogP contribution is 2.23. The lowest BCUT2D eigenvalue weighted by Crippen LogP contribution is -2.40. The van der Waals surface area contributed by atoms with Gasteiger partial charge in [-0.25, -0.2) is 14.3 Å². The fraction of sp³-hybridized carbons (Fsp3) is 0.538. The first-order chi connectivity index (χ1) is 9.39. The molecule has 1 aromatic rings. The molecule has 0 radical (unpaired) electrons. The minimum absolute atomic E-state index is 0.318. The Labute approximate surface area is 119 Å². The second kappa shape index (κ2) is 5.75. The van der Waals surface area contributed by atoms with Crippen LogP contribution in [0, 0.1) is 0 Å². The van der Waals surface area contributed by atoms with Crippen LogP contribution in [0.1, 0.15) is 32.0 Å². The van der Waals surface area contributed by atoms with E-state index in [1.165, 1.54) is 0 Å². The minimum Gasteiger partial charge on any atom is -0.444 e. The second-order valence-corrected chi connectivity index (χ2v) is 5.90. The maximum Gasteiger partial charge on any atom is 0.410 e. The van der Waals surface area contributed by atoms with Gasteiger partial charge in [-0.15, -0.1) is 0 Å². The van der Waals surface area contributed by atoms with E-state index in [-0.39, 0.29) is 6.09 Å². The fourth-order valence-electron chi connectivity index (χ4n) is 1.97. The SMILES string of the molecule is CC(C)(C)OC(=O)N1CCc2nc(OP=O)ccc2C1. The Bertz CT molecular complexity index is 528. The normalized spacial score (nSPS) is 14.8. The van der Waals surface area contributed by atoms with Crippen LogP contribution in [0.15, 0.2) is 12.1 Å². The molecule has 6 nitrogen and oxygen atoms in total. The average Bonchev–Trinajstić information content (AvgIpc) is 2.36. The van der Waals surface area contributed by atoms with E-state index >= 15 is 0 Å². The molecule has 0 N–H and O–H groups in total. The van der Waals surface area contributed by atoms with Gasteiger partial charge >= 0.3 is 14.8 Å². The van der Waals surface area contributed by atoms with Crippen molar-refractivity contribution in [3.05, 3.63) is 23.4 Å². The zero-order valence-electron chi connectivity index (χ0n) is 11.8. The van der Waals surface area contributed by atoms with Crippen LogP contribution in [0.4, 0.5) is 4.79 Å². The number of carbonyl (C=O) groups excluding carboxylic acids is 1. The Balaban J connectivity index is 2.07. The van der Waals surface area contributed by atoms with Gasteiger partial charge in [-0.2, -0.15) is 0 Å². The molecule has 7 heteroatoms. The second-order valence-electron chi connectivity index (χ2n) is 5.57. The monoisotopic (exact) mass is 296 g/mol. The van der Waals surface area contributed by atoms with Crippen LogP contribution >= 0.6 is 8.69 Å². The fourth-order valence-corrected chi connectivity index (χ4v) is 2.15. The molecule has 0 saturated carbocycles. The predicted octanol–water partition coefficient (Wildman–Crippen LogP) is 2.96. The average molecular weight is 296 g/mol. The predicted molar refractivity (Wildman–Crippen MR) is 72.8 cm³/mol. The van der Waals surface area contributed by atoms with E-state index in [0.29, 0.717) is 25.4 Å². The van der Waals surface area contributed by atoms with E-state index in [1.807, 2.05) is 26.8 Å². The van der Waals surface area contributed by atoms with Gasteiger partial charge in [0.15, 0.2) is 0 Å². The summed E-state index contributed by atoms with van der Waals surface area (Å²) in [6.45, 7) is 6.54. The Morgan fingerprint density at radius 1 is 1.40 bits per heavy atom. The number of amides is 1. The molecule has 0 fully saturated rings. The molecule has 0 aromatic carbocycles. The molecule has 0 saturated heterocycles. The van der Waals surface area contributed by atoms with Gasteiger partial charge < -0.3 is 14.2 Å². The molecule has 2 heterocycles. The van der Waals surface area contributed by atoms with Crippen molar-refractivity contribution in [1.29, 1.82) is 0 Å². The molecular formula is C13H17N2O4P. The summed E-state index contributed by atoms with van der Waals surface area (Å²) in [5.74, 6) is 0.325. The third-order valence-electron chi connectivity index (χ3n) is 2.81. The van der Waals surface area contributed by atoms with Crippen LogP contribution in [-0.4, -0.2) is 28.1 Å². The smallest absolute Gasteiger partial charge is 0.410 e. The van der Waals surface area contributed by atoms with Crippen LogP contribution in [0.3, 0.4) is 0 Å². The van der Waals surface area contributed by atoms with Crippen LogP contribution in [0.5, 0.6) is 5.88 Å². The van der Waals surface area contributed by atoms with E-state index in [9.17, 15) is 9.36 Å². The maximum atomic E-state index is 12.0. The first-order valence-corrected chi connectivity index (χ1v) is 7.08. The first kappa shape index (κ1) is 14.7. The van der Waals surface area contributed by atoms with Crippen molar-refractivity contribution in [3.63, 3.8) is 0 Å². The summed E-state index contributed by atoms with van der Waals surface area (Å²) in [4.78, 5) is 17.9. The van der Waals surface area contributed by atoms with Gasteiger partial charge in [-0.05, 0) is 26.3 Å². The number of pyridine rings is 1. The number of nitrogens with zero attached hydrogens (tertiary/aromatic N) is 2. The highest BCUT2D eigenvalue weighted by molar-refractivity contribution is 7.17. The number of ether oxygens (including phenoxy) is 1. The van der Waals surface area contributed by atoms with Crippen LogP contribution in [0.2, 0.25) is 0 Å². The standard InChI is InChI=1S/C13H17N2O4P/c1-13(2,3)18-12(16)15-7-6-10-9(8-15)4-5-11(14-10)19-20-17/h4-5H,6-8H2,1-3H3. The van der Waals surface area contributed by atoms with Gasteiger partial charge in [-0.3, -0.25) is 0 Å². The number of carbonyl (C=O) groups is 1. The first-order valence-electron chi connectivity index (χ1n) is 6.35. The third-order valence-corrected chi connectivity index (χ3v) is 3.07. The van der Waals surface area contributed by atoms with Crippen molar-refractivity contribution in [2.45, 2.75) is 39.3 Å². The van der Waals surface area contributed by atoms with E-state index in [0.717, 1.165) is 11.3 Å². The van der Waals surface area contributed by atoms with Gasteiger partial charge in [-0.1, -0.05) is 6.07 Å². The number of aromatic nitrogens is 1. The number of fused-ring (bicyclic) bond motifs is 1. The summed E-state index contributed by atoms with van der Waals surface area (Å²) in [6.07, 6.45) is 0.309. The van der Waals surface area contributed by atoms with Crippen molar-refractivity contribution in [2.24, 2.45) is 0 Å². The molecular weight excluding hydrogens is 279 g/mol. The van der Waals surface area contributed by atoms with Crippen LogP contribution in [-0.2, 0) is 22.3 Å². The molecule has 1 aliphatic rings. The molecule has 0 atom stereocenters. The summed E-state index contributed by atoms with van der Waals surface area (Å²) < 4.78 is 20.5. The summed E-state index contributed by atoms with van der Waals surface area (Å²) >= 11 is 0. The van der Waals surface area contributed by atoms with Crippen LogP contribution in [0.25, 0.3) is 0 Å². The summed E-state index contributed by atoms with van der Waals surface area (Å²) in [5.41, 5.74) is 1.32. The minimum atomic E-state index is -0.499. The zero-order valence-corrected chi connectivity index (χ0v) is 12.6. The quantitative estimate of drug-likeness (QED) is 0.785. The van der Waals surface area contributed by atoms with Gasteiger partial charge in [0.1, 0.15) is 5.60 Å². The summed E-state index contributed by atoms with van der Waals surface area (Å²) in [7, 11) is -0.422. The molecule has 0 aliphatic carbocycles. The van der Waals surface area contributed by atoms with Crippen molar-refractivity contribution >= 4 is 14.8 Å². The molecule has 1 amide bonds. The van der Waals surface area contributed by atoms with Gasteiger partial charge in [0.25, 0.3) is 0 Å². The molecule has 20 heavy (non-hydrogen) atoms. The van der Waals surface area contributed by atoms with E-state index < -0.39 is 14.3 Å². The molecule has 0 spiro atoms. The lowest BCUT2D eigenvalue weighted by Gasteiger charge is -2.30. The molecule has 108 valence electrons. The zero-order chi connectivity index (χ0) is 14.8. The largest absolute Gasteiger partial charge is 0.444 e. The third kappa shape index (κ3) is 3.67. The van der Waals surface area contributed by atoms with Crippen molar-refractivity contribution in [2.75, 3.05) is 6.54 Å². The highest BCUT2D eigenvalue weighted by atomic mass is 31.1. The van der Waals surface area contributed by atoms with Gasteiger partial charge in [0, 0.05) is 19.0 Å². The summed E-state index contributed by atoms with van der Waals surface area (Å²) in [5, 5.41) is 0.